The molecule has 0 radical (unpaired) electrons. The standard InChI is InChI=1S/C12H10ClN3O/c13-11-6-8(1-2-14-11)9-5-10-12(17)15-3-4-16(10)7-9/h1-2,5-7H,3-4H2,(H,15,17). The summed E-state index contributed by atoms with van der Waals surface area (Å²) in [6, 6.07) is 5.55. The zero-order chi connectivity index (χ0) is 11.8. The van der Waals surface area contributed by atoms with E-state index < -0.39 is 0 Å². The zero-order valence-electron chi connectivity index (χ0n) is 8.98. The number of carbonyl (C=O) groups excluding carboxylic acids is 1. The fourth-order valence-corrected chi connectivity index (χ4v) is 2.18. The highest BCUT2D eigenvalue weighted by atomic mass is 35.5. The third kappa shape index (κ3) is 1.80. The minimum atomic E-state index is -0.0253. The summed E-state index contributed by atoms with van der Waals surface area (Å²) in [4.78, 5) is 15.6. The average Bonchev–Trinajstić information content (AvgIpc) is 2.74. The lowest BCUT2D eigenvalue weighted by molar-refractivity contribution is 0.0928. The van der Waals surface area contributed by atoms with Crippen LogP contribution in [0.3, 0.4) is 0 Å². The number of amides is 1. The predicted molar refractivity (Wildman–Crippen MR) is 65.0 cm³/mol. The van der Waals surface area contributed by atoms with Crippen LogP contribution in [0.4, 0.5) is 0 Å². The molecule has 2 aromatic rings. The number of carbonyl (C=O) groups is 1. The molecule has 86 valence electrons. The summed E-state index contributed by atoms with van der Waals surface area (Å²) in [5, 5.41) is 3.27. The smallest absolute Gasteiger partial charge is 0.267 e. The van der Waals surface area contributed by atoms with Crippen LogP contribution in [0.1, 0.15) is 10.5 Å². The number of pyridine rings is 1. The normalized spacial score (nSPS) is 14.3. The lowest BCUT2D eigenvalue weighted by Gasteiger charge is -2.14. The maximum atomic E-state index is 11.6. The van der Waals surface area contributed by atoms with Gasteiger partial charge in [0.25, 0.3) is 5.91 Å². The maximum absolute atomic E-state index is 11.6. The number of hydrogen-bond donors (Lipinski definition) is 1. The van der Waals surface area contributed by atoms with Crippen LogP contribution in [0.5, 0.6) is 0 Å². The average molecular weight is 248 g/mol. The second-order valence-electron chi connectivity index (χ2n) is 3.93. The molecule has 0 aromatic carbocycles. The van der Waals surface area contributed by atoms with Gasteiger partial charge in [0, 0.05) is 31.0 Å². The van der Waals surface area contributed by atoms with Gasteiger partial charge in [-0.25, -0.2) is 4.98 Å². The molecule has 1 N–H and O–H groups in total. The highest BCUT2D eigenvalue weighted by Gasteiger charge is 2.18. The third-order valence-electron chi connectivity index (χ3n) is 2.83. The van der Waals surface area contributed by atoms with Crippen molar-refractivity contribution in [2.24, 2.45) is 0 Å². The number of nitrogens with zero attached hydrogens (tertiary/aromatic N) is 2. The number of hydrogen-bond acceptors (Lipinski definition) is 2. The maximum Gasteiger partial charge on any atom is 0.267 e. The van der Waals surface area contributed by atoms with E-state index in [1.165, 1.54) is 0 Å². The molecular weight excluding hydrogens is 238 g/mol. The molecule has 1 aliphatic heterocycles. The van der Waals surface area contributed by atoms with Crippen LogP contribution < -0.4 is 5.32 Å². The monoisotopic (exact) mass is 247 g/mol. The van der Waals surface area contributed by atoms with Crippen molar-refractivity contribution in [3.05, 3.63) is 41.4 Å². The van der Waals surface area contributed by atoms with E-state index in [9.17, 15) is 4.79 Å². The molecule has 3 rings (SSSR count). The highest BCUT2D eigenvalue weighted by molar-refractivity contribution is 6.29. The molecule has 0 aliphatic carbocycles. The Balaban J connectivity index is 2.08. The molecule has 0 saturated carbocycles. The number of aromatic nitrogens is 2. The first kappa shape index (κ1) is 10.4. The minimum Gasteiger partial charge on any atom is -0.349 e. The van der Waals surface area contributed by atoms with Crippen molar-refractivity contribution >= 4 is 17.5 Å². The molecule has 4 nitrogen and oxygen atoms in total. The quantitative estimate of drug-likeness (QED) is 0.783. The number of nitrogens with one attached hydrogen (secondary N) is 1. The van der Waals surface area contributed by atoms with Gasteiger partial charge in [-0.1, -0.05) is 11.6 Å². The van der Waals surface area contributed by atoms with Crippen LogP contribution in [-0.4, -0.2) is 22.0 Å². The summed E-state index contributed by atoms with van der Waals surface area (Å²) >= 11 is 5.85. The highest BCUT2D eigenvalue weighted by Crippen LogP contribution is 2.24. The Labute approximate surface area is 103 Å². The molecular formula is C12H10ClN3O. The fourth-order valence-electron chi connectivity index (χ4n) is 2.01. The van der Waals surface area contributed by atoms with Gasteiger partial charge >= 0.3 is 0 Å². The second-order valence-corrected chi connectivity index (χ2v) is 4.32. The summed E-state index contributed by atoms with van der Waals surface area (Å²) in [5.74, 6) is -0.0253. The first-order valence-electron chi connectivity index (χ1n) is 5.34. The molecule has 0 atom stereocenters. The van der Waals surface area contributed by atoms with Gasteiger partial charge in [0.15, 0.2) is 0 Å². The molecule has 5 heteroatoms. The molecule has 3 heterocycles. The summed E-state index contributed by atoms with van der Waals surface area (Å²) < 4.78 is 1.96. The Morgan fingerprint density at radius 1 is 1.35 bits per heavy atom. The van der Waals surface area contributed by atoms with Gasteiger partial charge in [-0.05, 0) is 23.8 Å². The molecule has 0 saturated heterocycles. The van der Waals surface area contributed by atoms with Crippen molar-refractivity contribution < 1.29 is 4.79 Å². The van der Waals surface area contributed by atoms with Crippen LogP contribution in [0.15, 0.2) is 30.6 Å². The molecule has 0 bridgehead atoms. The minimum absolute atomic E-state index is 0.0253. The topological polar surface area (TPSA) is 46.9 Å². The van der Waals surface area contributed by atoms with Gasteiger partial charge in [-0.2, -0.15) is 0 Å². The lowest BCUT2D eigenvalue weighted by Crippen LogP contribution is -2.34. The van der Waals surface area contributed by atoms with Crippen LogP contribution >= 0.6 is 11.6 Å². The van der Waals surface area contributed by atoms with Gasteiger partial charge in [0.2, 0.25) is 0 Å². The molecule has 2 aromatic heterocycles. The van der Waals surface area contributed by atoms with Gasteiger partial charge in [0.1, 0.15) is 10.8 Å². The van der Waals surface area contributed by atoms with Crippen molar-refractivity contribution in [2.45, 2.75) is 6.54 Å². The van der Waals surface area contributed by atoms with Crippen molar-refractivity contribution in [1.29, 1.82) is 0 Å². The van der Waals surface area contributed by atoms with Crippen LogP contribution in [0, 0.1) is 0 Å². The van der Waals surface area contributed by atoms with Gasteiger partial charge in [-0.3, -0.25) is 4.79 Å². The number of halogens is 1. The molecule has 1 amide bonds. The lowest BCUT2D eigenvalue weighted by atomic mass is 10.1. The Bertz CT molecular complexity index is 591. The molecule has 0 fully saturated rings. The van der Waals surface area contributed by atoms with Gasteiger partial charge in [-0.15, -0.1) is 0 Å². The Morgan fingerprint density at radius 3 is 3.00 bits per heavy atom. The Hall–Kier alpha value is -1.81. The van der Waals surface area contributed by atoms with E-state index in [4.69, 9.17) is 11.6 Å². The first-order valence-corrected chi connectivity index (χ1v) is 5.72. The van der Waals surface area contributed by atoms with Crippen LogP contribution in [0.25, 0.3) is 11.1 Å². The summed E-state index contributed by atoms with van der Waals surface area (Å²) in [5.41, 5.74) is 2.65. The molecule has 1 aliphatic rings. The molecule has 0 unspecified atom stereocenters. The number of rotatable bonds is 1. The van der Waals surface area contributed by atoms with Crippen LogP contribution in [0.2, 0.25) is 5.15 Å². The van der Waals surface area contributed by atoms with E-state index in [0.29, 0.717) is 17.4 Å². The predicted octanol–water partition coefficient (Wildman–Crippen LogP) is 1.95. The molecule has 17 heavy (non-hydrogen) atoms. The molecule has 0 spiro atoms. The van der Waals surface area contributed by atoms with E-state index in [0.717, 1.165) is 17.7 Å². The first-order chi connectivity index (χ1) is 8.24. The van der Waals surface area contributed by atoms with Crippen molar-refractivity contribution in [1.82, 2.24) is 14.9 Å². The van der Waals surface area contributed by atoms with E-state index in [1.807, 2.05) is 22.9 Å². The van der Waals surface area contributed by atoms with Crippen molar-refractivity contribution in [3.8, 4) is 11.1 Å². The zero-order valence-corrected chi connectivity index (χ0v) is 9.74. The Kier molecular flexibility index (Phi) is 2.37. The van der Waals surface area contributed by atoms with E-state index in [1.54, 1.807) is 12.3 Å². The fraction of sp³-hybridized carbons (Fsp3) is 0.167. The summed E-state index contributed by atoms with van der Waals surface area (Å²) in [7, 11) is 0. The van der Waals surface area contributed by atoms with Crippen LogP contribution in [-0.2, 0) is 6.54 Å². The van der Waals surface area contributed by atoms with E-state index >= 15 is 0 Å². The summed E-state index contributed by atoms with van der Waals surface area (Å²) in [6.07, 6.45) is 3.63. The van der Waals surface area contributed by atoms with Crippen molar-refractivity contribution in [2.75, 3.05) is 6.54 Å². The van der Waals surface area contributed by atoms with Gasteiger partial charge < -0.3 is 9.88 Å². The number of fused-ring (bicyclic) bond motifs is 1. The second kappa shape index (κ2) is 3.89. The van der Waals surface area contributed by atoms with E-state index in [2.05, 4.69) is 10.3 Å². The Morgan fingerprint density at radius 2 is 2.24 bits per heavy atom. The largest absolute Gasteiger partial charge is 0.349 e. The third-order valence-corrected chi connectivity index (χ3v) is 3.03. The van der Waals surface area contributed by atoms with Gasteiger partial charge in [0.05, 0.1) is 0 Å². The van der Waals surface area contributed by atoms with E-state index in [-0.39, 0.29) is 5.91 Å². The summed E-state index contributed by atoms with van der Waals surface area (Å²) in [6.45, 7) is 1.48. The SMILES string of the molecule is O=C1NCCn2cc(-c3ccnc(Cl)c3)cc21. The van der Waals surface area contributed by atoms with Crippen molar-refractivity contribution in [3.63, 3.8) is 0 Å².